The molecule has 0 fully saturated rings. The van der Waals surface area contributed by atoms with Gasteiger partial charge in [-0.15, -0.1) is 29.6 Å². The van der Waals surface area contributed by atoms with Gasteiger partial charge in [0, 0.05) is 0 Å². The SMILES string of the molecule is Br.CC(C)=CCCC(C)=CCN=C(N)S. The van der Waals surface area contributed by atoms with Crippen LogP contribution in [-0.4, -0.2) is 11.7 Å². The van der Waals surface area contributed by atoms with Gasteiger partial charge in [-0.2, -0.15) is 0 Å². The van der Waals surface area contributed by atoms with Crippen LogP contribution in [0.5, 0.6) is 0 Å². The molecule has 0 amide bonds. The maximum atomic E-state index is 5.29. The van der Waals surface area contributed by atoms with E-state index in [0.717, 1.165) is 12.8 Å². The molecule has 0 rings (SSSR count). The van der Waals surface area contributed by atoms with Gasteiger partial charge >= 0.3 is 0 Å². The minimum absolute atomic E-state index is 0. The first-order valence-corrected chi connectivity index (χ1v) is 5.25. The lowest BCUT2D eigenvalue weighted by molar-refractivity contribution is 0.956. The van der Waals surface area contributed by atoms with Crippen molar-refractivity contribution in [2.24, 2.45) is 10.7 Å². The van der Waals surface area contributed by atoms with E-state index < -0.39 is 0 Å². The molecule has 0 unspecified atom stereocenters. The fourth-order valence-electron chi connectivity index (χ4n) is 0.986. The molecule has 0 aliphatic rings. The molecule has 0 spiro atoms. The maximum absolute atomic E-state index is 5.29. The number of nitrogens with two attached hydrogens (primary N) is 1. The lowest BCUT2D eigenvalue weighted by atomic mass is 10.1. The third kappa shape index (κ3) is 13.8. The van der Waals surface area contributed by atoms with Crippen LogP contribution in [0.3, 0.4) is 0 Å². The molecule has 0 saturated heterocycles. The number of nitrogens with zero attached hydrogens (tertiary/aromatic N) is 1. The van der Waals surface area contributed by atoms with Crippen molar-refractivity contribution in [1.29, 1.82) is 0 Å². The van der Waals surface area contributed by atoms with Crippen LogP contribution in [0.4, 0.5) is 0 Å². The highest BCUT2D eigenvalue weighted by Gasteiger charge is 1.88. The molecule has 88 valence electrons. The van der Waals surface area contributed by atoms with Crippen LogP contribution in [0.25, 0.3) is 0 Å². The van der Waals surface area contributed by atoms with Gasteiger partial charge in [0.25, 0.3) is 0 Å². The Kier molecular flexibility index (Phi) is 11.8. The van der Waals surface area contributed by atoms with E-state index in [1.54, 1.807) is 0 Å². The Morgan fingerprint density at radius 2 is 1.87 bits per heavy atom. The lowest BCUT2D eigenvalue weighted by Gasteiger charge is -1.97. The highest BCUT2D eigenvalue weighted by atomic mass is 79.9. The maximum Gasteiger partial charge on any atom is 0.151 e. The molecule has 0 aliphatic carbocycles. The molecule has 0 bridgehead atoms. The van der Waals surface area contributed by atoms with Crippen molar-refractivity contribution in [2.45, 2.75) is 33.6 Å². The highest BCUT2D eigenvalue weighted by Crippen LogP contribution is 2.06. The summed E-state index contributed by atoms with van der Waals surface area (Å²) in [5.74, 6) is 0. The second kappa shape index (κ2) is 10.3. The molecule has 0 aliphatic heterocycles. The number of hydrogen-bond donors (Lipinski definition) is 2. The van der Waals surface area contributed by atoms with Gasteiger partial charge in [0.15, 0.2) is 5.17 Å². The minimum atomic E-state index is 0. The van der Waals surface area contributed by atoms with Crippen LogP contribution in [0.1, 0.15) is 33.6 Å². The minimum Gasteiger partial charge on any atom is -0.379 e. The Morgan fingerprint density at radius 1 is 1.27 bits per heavy atom. The van der Waals surface area contributed by atoms with Crippen LogP contribution in [0.2, 0.25) is 0 Å². The number of allylic oxidation sites excluding steroid dienone is 3. The van der Waals surface area contributed by atoms with Gasteiger partial charge in [-0.25, -0.2) is 0 Å². The summed E-state index contributed by atoms with van der Waals surface area (Å²) in [6.07, 6.45) is 6.52. The Hall–Kier alpha value is -0.220. The van der Waals surface area contributed by atoms with Gasteiger partial charge in [0.1, 0.15) is 0 Å². The lowest BCUT2D eigenvalue weighted by Crippen LogP contribution is -2.02. The fraction of sp³-hybridized carbons (Fsp3) is 0.545. The summed E-state index contributed by atoms with van der Waals surface area (Å²) < 4.78 is 0. The first-order valence-electron chi connectivity index (χ1n) is 4.80. The topological polar surface area (TPSA) is 38.4 Å². The van der Waals surface area contributed by atoms with Gasteiger partial charge < -0.3 is 5.73 Å². The molecular weight excluding hydrogens is 272 g/mol. The van der Waals surface area contributed by atoms with Gasteiger partial charge in [0.2, 0.25) is 0 Å². The van der Waals surface area contributed by atoms with Crippen LogP contribution in [0.15, 0.2) is 28.3 Å². The zero-order valence-electron chi connectivity index (χ0n) is 9.66. The standard InChI is InChI=1S/C11H20N2S.BrH/c1-9(2)5-4-6-10(3)7-8-13-11(12)14;/h5,7H,4,6,8H2,1-3H3,(H3,12,13,14);1H. The zero-order valence-corrected chi connectivity index (χ0v) is 12.3. The molecule has 15 heavy (non-hydrogen) atoms. The summed E-state index contributed by atoms with van der Waals surface area (Å²) >= 11 is 3.89. The van der Waals surface area contributed by atoms with E-state index in [1.165, 1.54) is 11.1 Å². The van der Waals surface area contributed by atoms with Gasteiger partial charge in [0.05, 0.1) is 6.54 Å². The molecule has 2 nitrogen and oxygen atoms in total. The Labute approximate surface area is 109 Å². The summed E-state index contributed by atoms with van der Waals surface area (Å²) in [6, 6.07) is 0. The summed E-state index contributed by atoms with van der Waals surface area (Å²) in [4.78, 5) is 3.97. The molecule has 4 heteroatoms. The number of halogens is 1. The largest absolute Gasteiger partial charge is 0.379 e. The van der Waals surface area contributed by atoms with Crippen molar-refractivity contribution in [2.75, 3.05) is 6.54 Å². The Balaban J connectivity index is 0. The van der Waals surface area contributed by atoms with Crippen molar-refractivity contribution < 1.29 is 0 Å². The first kappa shape index (κ1) is 17.2. The Bertz CT molecular complexity index is 249. The second-order valence-electron chi connectivity index (χ2n) is 3.57. The molecule has 0 aromatic rings. The van der Waals surface area contributed by atoms with E-state index in [2.05, 4.69) is 50.5 Å². The van der Waals surface area contributed by atoms with Gasteiger partial charge in [-0.3, -0.25) is 4.99 Å². The van der Waals surface area contributed by atoms with E-state index >= 15 is 0 Å². The zero-order chi connectivity index (χ0) is 11.0. The molecule has 0 heterocycles. The molecule has 0 aromatic carbocycles. The van der Waals surface area contributed by atoms with Crippen molar-refractivity contribution in [3.63, 3.8) is 0 Å². The van der Waals surface area contributed by atoms with E-state index in [1.807, 2.05) is 0 Å². The van der Waals surface area contributed by atoms with Gasteiger partial charge in [-0.05, 0) is 33.6 Å². The quantitative estimate of drug-likeness (QED) is 0.346. The number of hydrogen-bond acceptors (Lipinski definition) is 1. The van der Waals surface area contributed by atoms with E-state index in [0.29, 0.717) is 11.7 Å². The van der Waals surface area contributed by atoms with E-state index in [9.17, 15) is 0 Å². The molecule has 0 aromatic heterocycles. The summed E-state index contributed by atoms with van der Waals surface area (Å²) in [5.41, 5.74) is 8.01. The average Bonchev–Trinajstić information content (AvgIpc) is 2.02. The normalized spacial score (nSPS) is 12.0. The smallest absolute Gasteiger partial charge is 0.151 e. The van der Waals surface area contributed by atoms with E-state index in [4.69, 9.17) is 5.73 Å². The predicted octanol–water partition coefficient (Wildman–Crippen LogP) is 3.50. The predicted molar refractivity (Wildman–Crippen MR) is 78.2 cm³/mol. The van der Waals surface area contributed by atoms with Crippen LogP contribution < -0.4 is 5.73 Å². The summed E-state index contributed by atoms with van der Waals surface area (Å²) in [5, 5.41) is 0.346. The monoisotopic (exact) mass is 292 g/mol. The molecular formula is C11H21BrN2S. The van der Waals surface area contributed by atoms with Crippen molar-refractivity contribution in [1.82, 2.24) is 0 Å². The van der Waals surface area contributed by atoms with Crippen LogP contribution in [-0.2, 0) is 0 Å². The number of thiol groups is 1. The van der Waals surface area contributed by atoms with Gasteiger partial charge in [-0.1, -0.05) is 23.3 Å². The molecule has 0 atom stereocenters. The van der Waals surface area contributed by atoms with Crippen LogP contribution >= 0.6 is 29.6 Å². The third-order valence-corrected chi connectivity index (χ3v) is 1.93. The summed E-state index contributed by atoms with van der Waals surface area (Å²) in [6.45, 7) is 6.98. The number of aliphatic imine (C=N–C) groups is 1. The van der Waals surface area contributed by atoms with Crippen LogP contribution in [0, 0.1) is 0 Å². The summed E-state index contributed by atoms with van der Waals surface area (Å²) in [7, 11) is 0. The third-order valence-electron chi connectivity index (χ3n) is 1.78. The number of rotatable bonds is 5. The molecule has 0 saturated carbocycles. The average molecular weight is 293 g/mol. The van der Waals surface area contributed by atoms with E-state index in [-0.39, 0.29) is 17.0 Å². The molecule has 2 N–H and O–H groups in total. The fourth-order valence-corrected chi connectivity index (χ4v) is 1.07. The van der Waals surface area contributed by atoms with Crippen molar-refractivity contribution >= 4 is 34.8 Å². The van der Waals surface area contributed by atoms with Crippen molar-refractivity contribution in [3.8, 4) is 0 Å². The number of amidine groups is 1. The van der Waals surface area contributed by atoms with Crippen molar-refractivity contribution in [3.05, 3.63) is 23.3 Å². The first-order chi connectivity index (χ1) is 6.52. The Morgan fingerprint density at radius 3 is 2.33 bits per heavy atom. The second-order valence-corrected chi connectivity index (χ2v) is 4.03. The highest BCUT2D eigenvalue weighted by molar-refractivity contribution is 8.93. The molecule has 0 radical (unpaired) electrons.